The monoisotopic (exact) mass is 427 g/mol. The number of aromatic nitrogens is 1. The Morgan fingerprint density at radius 1 is 1.09 bits per heavy atom. The molecule has 5 rings (SSSR count). The van der Waals surface area contributed by atoms with Crippen LogP contribution < -0.4 is 10.2 Å². The summed E-state index contributed by atoms with van der Waals surface area (Å²) >= 11 is 0. The molecule has 0 saturated carbocycles. The van der Waals surface area contributed by atoms with Crippen molar-refractivity contribution in [2.75, 3.05) is 36.4 Å². The lowest BCUT2D eigenvalue weighted by atomic mass is 9.89. The molecule has 0 aliphatic carbocycles. The van der Waals surface area contributed by atoms with Crippen LogP contribution in [0.1, 0.15) is 24.8 Å². The number of aromatic amines is 1. The first kappa shape index (κ1) is 20.6. The second kappa shape index (κ2) is 9.05. The number of carbonyl (C=O) groups is 1. The smallest absolute Gasteiger partial charge is 0.153 e. The molecule has 0 amide bonds. The molecule has 6 nitrogen and oxygen atoms in total. The van der Waals surface area contributed by atoms with Crippen LogP contribution in [0.3, 0.4) is 0 Å². The number of ketones is 1. The number of carbonyl (C=O) groups excluding carboxylic acids is 1. The van der Waals surface area contributed by atoms with Crippen molar-refractivity contribution >= 4 is 28.1 Å². The van der Waals surface area contributed by atoms with Crippen LogP contribution in [0, 0.1) is 11.3 Å². The van der Waals surface area contributed by atoms with Gasteiger partial charge in [0.15, 0.2) is 5.78 Å². The minimum absolute atomic E-state index is 0.0794. The van der Waals surface area contributed by atoms with Crippen molar-refractivity contribution in [3.63, 3.8) is 0 Å². The summed E-state index contributed by atoms with van der Waals surface area (Å²) in [4.78, 5) is 21.3. The number of fused-ring (bicyclic) bond motifs is 2. The number of H-pyrrole nitrogens is 1. The molecule has 0 spiro atoms. The average molecular weight is 428 g/mol. The maximum Gasteiger partial charge on any atom is 0.153 e. The van der Waals surface area contributed by atoms with Crippen LogP contribution in [0.15, 0.2) is 54.7 Å². The SMILES string of the molecule is N#CCCC(=O)C(C1CCc2ccccc2N1)N1CCN(c2cccc3[nH]ccc23)CC1. The Labute approximate surface area is 188 Å². The Morgan fingerprint density at radius 3 is 2.78 bits per heavy atom. The Bertz CT molecular complexity index is 1140. The molecule has 1 saturated heterocycles. The highest BCUT2D eigenvalue weighted by molar-refractivity contribution is 5.92. The van der Waals surface area contributed by atoms with Gasteiger partial charge in [-0.25, -0.2) is 0 Å². The zero-order valence-electron chi connectivity index (χ0n) is 18.3. The van der Waals surface area contributed by atoms with Crippen LogP contribution in [-0.2, 0) is 11.2 Å². The molecule has 2 aromatic carbocycles. The number of nitrogens with one attached hydrogen (secondary N) is 2. The summed E-state index contributed by atoms with van der Waals surface area (Å²) in [6.45, 7) is 3.44. The quantitative estimate of drug-likeness (QED) is 0.623. The summed E-state index contributed by atoms with van der Waals surface area (Å²) in [5.74, 6) is 0.185. The average Bonchev–Trinajstić information content (AvgIpc) is 3.32. The van der Waals surface area contributed by atoms with Crippen molar-refractivity contribution in [1.29, 1.82) is 5.26 Å². The summed E-state index contributed by atoms with van der Waals surface area (Å²) < 4.78 is 0. The highest BCUT2D eigenvalue weighted by Crippen LogP contribution is 2.30. The van der Waals surface area contributed by atoms with Gasteiger partial charge in [-0.05, 0) is 42.7 Å². The van der Waals surface area contributed by atoms with E-state index in [1.54, 1.807) is 0 Å². The third kappa shape index (κ3) is 3.96. The number of rotatable bonds is 6. The fourth-order valence-corrected chi connectivity index (χ4v) is 5.29. The molecular formula is C26H29N5O. The molecule has 3 aromatic rings. The second-order valence-corrected chi connectivity index (χ2v) is 8.75. The predicted molar refractivity (Wildman–Crippen MR) is 128 cm³/mol. The molecule has 2 aliphatic rings. The van der Waals surface area contributed by atoms with E-state index in [1.807, 2.05) is 12.3 Å². The number of aryl methyl sites for hydroxylation is 1. The third-order valence-electron chi connectivity index (χ3n) is 6.90. The van der Waals surface area contributed by atoms with Gasteiger partial charge in [0.1, 0.15) is 0 Å². The highest BCUT2D eigenvalue weighted by atomic mass is 16.1. The largest absolute Gasteiger partial charge is 0.380 e. The van der Waals surface area contributed by atoms with Gasteiger partial charge in [-0.15, -0.1) is 0 Å². The molecule has 2 unspecified atom stereocenters. The predicted octanol–water partition coefficient (Wildman–Crippen LogP) is 3.96. The van der Waals surface area contributed by atoms with E-state index in [2.05, 4.69) is 68.6 Å². The van der Waals surface area contributed by atoms with Crippen LogP contribution in [-0.4, -0.2) is 53.9 Å². The molecule has 6 heteroatoms. The van der Waals surface area contributed by atoms with E-state index in [1.165, 1.54) is 16.6 Å². The fourth-order valence-electron chi connectivity index (χ4n) is 5.29. The van der Waals surface area contributed by atoms with Crippen molar-refractivity contribution in [2.24, 2.45) is 0 Å². The molecule has 2 aliphatic heterocycles. The van der Waals surface area contributed by atoms with E-state index in [0.29, 0.717) is 6.42 Å². The molecule has 2 atom stereocenters. The number of benzene rings is 2. The summed E-state index contributed by atoms with van der Waals surface area (Å²) in [7, 11) is 0. The Balaban J connectivity index is 1.33. The number of anilines is 2. The highest BCUT2D eigenvalue weighted by Gasteiger charge is 2.36. The first-order chi connectivity index (χ1) is 15.7. The van der Waals surface area contributed by atoms with E-state index < -0.39 is 0 Å². The number of para-hydroxylation sites is 1. The van der Waals surface area contributed by atoms with Gasteiger partial charge in [-0.3, -0.25) is 9.69 Å². The number of nitriles is 1. The van der Waals surface area contributed by atoms with Crippen LogP contribution >= 0.6 is 0 Å². The Kier molecular flexibility index (Phi) is 5.83. The van der Waals surface area contributed by atoms with E-state index in [4.69, 9.17) is 5.26 Å². The molecule has 0 radical (unpaired) electrons. The van der Waals surface area contributed by atoms with Crippen molar-refractivity contribution in [3.05, 3.63) is 60.3 Å². The van der Waals surface area contributed by atoms with Crippen LogP contribution in [0.2, 0.25) is 0 Å². The lowest BCUT2D eigenvalue weighted by Gasteiger charge is -2.44. The maximum atomic E-state index is 13.3. The minimum atomic E-state index is -0.193. The van der Waals surface area contributed by atoms with Gasteiger partial charge in [0, 0.05) is 73.5 Å². The van der Waals surface area contributed by atoms with Gasteiger partial charge < -0.3 is 15.2 Å². The van der Waals surface area contributed by atoms with E-state index >= 15 is 0 Å². The van der Waals surface area contributed by atoms with Crippen molar-refractivity contribution in [2.45, 2.75) is 37.8 Å². The zero-order chi connectivity index (χ0) is 21.9. The van der Waals surface area contributed by atoms with Crippen molar-refractivity contribution in [1.82, 2.24) is 9.88 Å². The lowest BCUT2D eigenvalue weighted by molar-refractivity contribution is -0.125. The molecule has 3 heterocycles. The maximum absolute atomic E-state index is 13.3. The molecule has 1 aromatic heterocycles. The van der Waals surface area contributed by atoms with Gasteiger partial charge in [-0.2, -0.15) is 5.26 Å². The first-order valence-corrected chi connectivity index (χ1v) is 11.5. The van der Waals surface area contributed by atoms with Crippen molar-refractivity contribution < 1.29 is 4.79 Å². The first-order valence-electron chi connectivity index (χ1n) is 11.5. The van der Waals surface area contributed by atoms with Gasteiger partial charge in [0.05, 0.1) is 12.1 Å². The molecule has 1 fully saturated rings. The van der Waals surface area contributed by atoms with E-state index in [0.717, 1.165) is 50.2 Å². The van der Waals surface area contributed by atoms with Gasteiger partial charge in [-0.1, -0.05) is 24.3 Å². The molecule has 0 bridgehead atoms. The summed E-state index contributed by atoms with van der Waals surface area (Å²) in [6, 6.07) is 18.9. The van der Waals surface area contributed by atoms with E-state index in [9.17, 15) is 4.79 Å². The number of hydrogen-bond donors (Lipinski definition) is 2. The van der Waals surface area contributed by atoms with Crippen LogP contribution in [0.4, 0.5) is 11.4 Å². The Hall–Kier alpha value is -3.30. The number of nitrogens with zero attached hydrogens (tertiary/aromatic N) is 3. The molecule has 32 heavy (non-hydrogen) atoms. The number of Topliss-reactive ketones (excluding diaryl/α,β-unsaturated/α-hetero) is 1. The van der Waals surface area contributed by atoms with Gasteiger partial charge >= 0.3 is 0 Å². The zero-order valence-corrected chi connectivity index (χ0v) is 18.3. The summed E-state index contributed by atoms with van der Waals surface area (Å²) in [6.07, 6.45) is 4.51. The molecular weight excluding hydrogens is 398 g/mol. The topological polar surface area (TPSA) is 75.2 Å². The van der Waals surface area contributed by atoms with Gasteiger partial charge in [0.25, 0.3) is 0 Å². The second-order valence-electron chi connectivity index (χ2n) is 8.75. The van der Waals surface area contributed by atoms with Crippen LogP contribution in [0.25, 0.3) is 10.9 Å². The summed E-state index contributed by atoms with van der Waals surface area (Å²) in [5.41, 5.74) is 4.86. The van der Waals surface area contributed by atoms with Crippen molar-refractivity contribution in [3.8, 4) is 6.07 Å². The van der Waals surface area contributed by atoms with Crippen LogP contribution in [0.5, 0.6) is 0 Å². The molecule has 164 valence electrons. The number of hydrogen-bond acceptors (Lipinski definition) is 5. The molecule has 2 N–H and O–H groups in total. The van der Waals surface area contributed by atoms with Gasteiger partial charge in [0.2, 0.25) is 0 Å². The third-order valence-corrected chi connectivity index (χ3v) is 6.90. The number of piperazine rings is 1. The minimum Gasteiger partial charge on any atom is -0.380 e. The standard InChI is InChI=1S/C26H29N5O/c27-13-4-9-25(32)26(23-11-10-19-5-1-2-6-21(19)29-23)31-17-15-30(16-18-31)24-8-3-7-22-20(24)12-14-28-22/h1-3,5-8,12,14,23,26,28-29H,4,9-11,15-18H2. The van der Waals surface area contributed by atoms with E-state index in [-0.39, 0.29) is 24.3 Å². The summed E-state index contributed by atoms with van der Waals surface area (Å²) in [5, 5.41) is 13.9. The fraction of sp³-hybridized carbons (Fsp3) is 0.385. The Morgan fingerprint density at radius 2 is 1.94 bits per heavy atom. The lowest BCUT2D eigenvalue weighted by Crippen LogP contribution is -2.58. The normalized spacial score (nSPS) is 19.7.